The smallest absolute Gasteiger partial charge is 0.245 e. The fourth-order valence-electron chi connectivity index (χ4n) is 3.28. The van der Waals surface area contributed by atoms with E-state index < -0.39 is 0 Å². The van der Waals surface area contributed by atoms with Gasteiger partial charge in [-0.2, -0.15) is 0 Å². The first kappa shape index (κ1) is 22.2. The molecule has 0 fully saturated rings. The normalized spacial score (nSPS) is 13.3. The Morgan fingerprint density at radius 1 is 1.06 bits per heavy atom. The summed E-state index contributed by atoms with van der Waals surface area (Å²) in [7, 11) is 0. The van der Waals surface area contributed by atoms with Gasteiger partial charge in [-0.1, -0.05) is 36.4 Å². The molecule has 164 valence electrons. The summed E-state index contributed by atoms with van der Waals surface area (Å²) in [5.41, 5.74) is 5.89. The molecular formula is C24H29N3O4. The maximum Gasteiger partial charge on any atom is 0.245 e. The number of nitrogens with one attached hydrogen (secondary N) is 2. The van der Waals surface area contributed by atoms with E-state index in [1.54, 1.807) is 0 Å². The van der Waals surface area contributed by atoms with Crippen LogP contribution in [0.2, 0.25) is 0 Å². The number of rotatable bonds is 10. The van der Waals surface area contributed by atoms with Crippen molar-refractivity contribution in [2.24, 2.45) is 0 Å². The third-order valence-electron chi connectivity index (χ3n) is 4.77. The first-order chi connectivity index (χ1) is 15.1. The largest absolute Gasteiger partial charge is 0.490 e. The van der Waals surface area contributed by atoms with E-state index in [-0.39, 0.29) is 24.8 Å². The molecule has 3 rings (SSSR count). The van der Waals surface area contributed by atoms with Crippen molar-refractivity contribution in [3.05, 3.63) is 65.7 Å². The van der Waals surface area contributed by atoms with Crippen molar-refractivity contribution in [3.8, 4) is 11.5 Å². The van der Waals surface area contributed by atoms with Gasteiger partial charge in [0.25, 0.3) is 0 Å². The molecule has 7 heteroatoms. The molecule has 0 unspecified atom stereocenters. The van der Waals surface area contributed by atoms with E-state index in [4.69, 9.17) is 9.47 Å². The maximum atomic E-state index is 12.4. The third kappa shape index (κ3) is 6.25. The van der Waals surface area contributed by atoms with Crippen LogP contribution in [0, 0.1) is 0 Å². The minimum absolute atomic E-state index is 0.0452. The van der Waals surface area contributed by atoms with Gasteiger partial charge in [-0.3, -0.25) is 15.0 Å². The molecule has 0 radical (unpaired) electrons. The second-order valence-electron chi connectivity index (χ2n) is 7.03. The van der Waals surface area contributed by atoms with Gasteiger partial charge in [0.2, 0.25) is 11.8 Å². The molecule has 2 aromatic carbocycles. The van der Waals surface area contributed by atoms with Crippen molar-refractivity contribution in [1.82, 2.24) is 15.8 Å². The fourth-order valence-corrected chi connectivity index (χ4v) is 3.28. The van der Waals surface area contributed by atoms with Gasteiger partial charge < -0.3 is 14.8 Å². The van der Waals surface area contributed by atoms with E-state index in [0.29, 0.717) is 37.7 Å². The second kappa shape index (κ2) is 11.1. The molecular weight excluding hydrogens is 394 g/mol. The number of hydrogen-bond donors (Lipinski definition) is 2. The van der Waals surface area contributed by atoms with Crippen LogP contribution in [-0.4, -0.2) is 43.1 Å². The minimum atomic E-state index is -0.217. The van der Waals surface area contributed by atoms with E-state index in [9.17, 15) is 9.59 Å². The molecule has 0 aliphatic carbocycles. The lowest BCUT2D eigenvalue weighted by molar-refractivity contribution is -0.137. The molecule has 2 aromatic rings. The number of hydrazine groups is 1. The zero-order chi connectivity index (χ0) is 22.1. The van der Waals surface area contributed by atoms with Crippen LogP contribution in [0.15, 0.2) is 54.6 Å². The molecule has 1 aliphatic heterocycles. The number of hydrogen-bond acceptors (Lipinski definition) is 5. The van der Waals surface area contributed by atoms with Gasteiger partial charge in [0.15, 0.2) is 11.5 Å². The number of carbonyl (C=O) groups is 2. The van der Waals surface area contributed by atoms with Crippen LogP contribution in [0.4, 0.5) is 0 Å². The summed E-state index contributed by atoms with van der Waals surface area (Å²) < 4.78 is 11.2. The molecule has 7 nitrogen and oxygen atoms in total. The average Bonchev–Trinajstić information content (AvgIpc) is 2.78. The van der Waals surface area contributed by atoms with Gasteiger partial charge in [-0.05, 0) is 49.6 Å². The Balaban J connectivity index is 1.50. The molecule has 0 aromatic heterocycles. The zero-order valence-electron chi connectivity index (χ0n) is 18.0. The second-order valence-corrected chi connectivity index (χ2v) is 7.03. The van der Waals surface area contributed by atoms with Crippen LogP contribution in [0.3, 0.4) is 0 Å². The van der Waals surface area contributed by atoms with Crippen LogP contribution < -0.4 is 20.2 Å². The Hall–Kier alpha value is -3.48. The van der Waals surface area contributed by atoms with Gasteiger partial charge in [0.05, 0.1) is 18.9 Å². The average molecular weight is 424 g/mol. The van der Waals surface area contributed by atoms with Crippen molar-refractivity contribution in [2.45, 2.75) is 26.7 Å². The Morgan fingerprint density at radius 3 is 2.55 bits per heavy atom. The van der Waals surface area contributed by atoms with Gasteiger partial charge in [0.1, 0.15) is 6.54 Å². The van der Waals surface area contributed by atoms with Crippen LogP contribution in [0.1, 0.15) is 31.4 Å². The molecule has 0 saturated heterocycles. The van der Waals surface area contributed by atoms with E-state index in [1.807, 2.05) is 68.5 Å². The molecule has 2 amide bonds. The van der Waals surface area contributed by atoms with Crippen molar-refractivity contribution in [2.75, 3.05) is 26.3 Å². The van der Waals surface area contributed by atoms with Crippen molar-refractivity contribution in [1.29, 1.82) is 0 Å². The van der Waals surface area contributed by atoms with E-state index in [0.717, 1.165) is 16.8 Å². The Kier molecular flexibility index (Phi) is 7.92. The Morgan fingerprint density at radius 2 is 1.81 bits per heavy atom. The highest BCUT2D eigenvalue weighted by molar-refractivity contribution is 5.88. The third-order valence-corrected chi connectivity index (χ3v) is 4.77. The molecule has 0 bridgehead atoms. The molecule has 0 atom stereocenters. The predicted molar refractivity (Wildman–Crippen MR) is 119 cm³/mol. The van der Waals surface area contributed by atoms with Gasteiger partial charge in [0, 0.05) is 13.0 Å². The monoisotopic (exact) mass is 423 g/mol. The number of benzene rings is 2. The lowest BCUT2D eigenvalue weighted by atomic mass is 10.1. The molecule has 2 N–H and O–H groups in total. The van der Waals surface area contributed by atoms with Crippen molar-refractivity contribution >= 4 is 17.5 Å². The van der Waals surface area contributed by atoms with Crippen LogP contribution >= 0.6 is 0 Å². The van der Waals surface area contributed by atoms with Gasteiger partial charge in [-0.15, -0.1) is 0 Å². The highest BCUT2D eigenvalue weighted by Crippen LogP contribution is 2.28. The van der Waals surface area contributed by atoms with Gasteiger partial charge >= 0.3 is 0 Å². The number of amides is 2. The Labute approximate surface area is 183 Å². The highest BCUT2D eigenvalue weighted by atomic mass is 16.5. The first-order valence-electron chi connectivity index (χ1n) is 10.6. The topological polar surface area (TPSA) is 79.9 Å². The summed E-state index contributed by atoms with van der Waals surface area (Å²) in [5.74, 6) is 1.07. The Bertz CT molecular complexity index is 928. The number of nitrogens with zero attached hydrogens (tertiary/aromatic N) is 1. The lowest BCUT2D eigenvalue weighted by Gasteiger charge is -2.28. The standard InChI is InChI=1S/C24H29N3O4/c1-3-30-21-12-10-18(16-22(21)31-4-2)14-15-25-23(28)17-27-24(29)13-11-20(26-27)19-8-6-5-7-9-19/h5-12,16,26H,3-4,13-15,17H2,1-2H3,(H,25,28). The van der Waals surface area contributed by atoms with E-state index >= 15 is 0 Å². The summed E-state index contributed by atoms with van der Waals surface area (Å²) in [4.78, 5) is 24.6. The van der Waals surface area contributed by atoms with Crippen LogP contribution in [0.25, 0.3) is 5.70 Å². The first-order valence-corrected chi connectivity index (χ1v) is 10.6. The zero-order valence-corrected chi connectivity index (χ0v) is 18.0. The number of carbonyl (C=O) groups excluding carboxylic acids is 2. The summed E-state index contributed by atoms with van der Waals surface area (Å²) in [5, 5.41) is 4.24. The van der Waals surface area contributed by atoms with Gasteiger partial charge in [-0.25, -0.2) is 5.01 Å². The molecule has 1 aliphatic rings. The summed E-state index contributed by atoms with van der Waals surface area (Å²) in [6.07, 6.45) is 2.75. The summed E-state index contributed by atoms with van der Waals surface area (Å²) >= 11 is 0. The predicted octanol–water partition coefficient (Wildman–Crippen LogP) is 2.92. The SMILES string of the molecule is CCOc1ccc(CCNC(=O)CN2NC(c3ccccc3)=CCC2=O)cc1OCC. The molecule has 1 heterocycles. The summed E-state index contributed by atoms with van der Waals surface area (Å²) in [6.45, 7) is 5.39. The minimum Gasteiger partial charge on any atom is -0.490 e. The fraction of sp³-hybridized carbons (Fsp3) is 0.333. The van der Waals surface area contributed by atoms with Crippen LogP contribution in [-0.2, 0) is 16.0 Å². The molecule has 31 heavy (non-hydrogen) atoms. The van der Waals surface area contributed by atoms with Crippen LogP contribution in [0.5, 0.6) is 11.5 Å². The maximum absolute atomic E-state index is 12.4. The van der Waals surface area contributed by atoms with Crippen molar-refractivity contribution in [3.63, 3.8) is 0 Å². The molecule has 0 saturated carbocycles. The quantitative estimate of drug-likeness (QED) is 0.614. The van der Waals surface area contributed by atoms with Crippen molar-refractivity contribution < 1.29 is 19.1 Å². The molecule has 0 spiro atoms. The highest BCUT2D eigenvalue weighted by Gasteiger charge is 2.21. The number of ether oxygens (including phenoxy) is 2. The van der Waals surface area contributed by atoms with E-state index in [2.05, 4.69) is 10.7 Å². The lowest BCUT2D eigenvalue weighted by Crippen LogP contribution is -2.49. The van der Waals surface area contributed by atoms with E-state index in [1.165, 1.54) is 5.01 Å². The summed E-state index contributed by atoms with van der Waals surface area (Å²) in [6, 6.07) is 15.5.